The topological polar surface area (TPSA) is 54.5 Å². The molecule has 118 valence electrons. The fourth-order valence-corrected chi connectivity index (χ4v) is 3.60. The van der Waals surface area contributed by atoms with Gasteiger partial charge in [0.25, 0.3) is 0 Å². The van der Waals surface area contributed by atoms with Crippen LogP contribution in [0, 0.1) is 5.92 Å². The maximum absolute atomic E-state index is 12.2. The Kier molecular flexibility index (Phi) is 3.84. The van der Waals surface area contributed by atoms with Crippen LogP contribution in [0.4, 0.5) is 0 Å². The highest BCUT2D eigenvalue weighted by atomic mass is 16.5. The van der Waals surface area contributed by atoms with Crippen LogP contribution in [-0.4, -0.2) is 47.1 Å². The molecule has 0 bridgehead atoms. The van der Waals surface area contributed by atoms with Gasteiger partial charge in [0.2, 0.25) is 5.91 Å². The molecule has 3 atom stereocenters. The van der Waals surface area contributed by atoms with Crippen LogP contribution in [0.15, 0.2) is 24.5 Å². The second kappa shape index (κ2) is 5.97. The average molecular weight is 301 g/mol. The van der Waals surface area contributed by atoms with Crippen molar-refractivity contribution in [3.8, 4) is 0 Å². The molecule has 22 heavy (non-hydrogen) atoms. The maximum Gasteiger partial charge on any atom is 0.249 e. The molecule has 5 nitrogen and oxygen atoms in total. The summed E-state index contributed by atoms with van der Waals surface area (Å²) in [7, 11) is 0. The van der Waals surface area contributed by atoms with Gasteiger partial charge in [0.1, 0.15) is 6.10 Å². The molecule has 0 unspecified atom stereocenters. The number of rotatable bonds is 5. The Morgan fingerprint density at radius 2 is 2.14 bits per heavy atom. The molecule has 2 aliphatic heterocycles. The number of likely N-dealkylation sites (tertiary alicyclic amines) is 1. The van der Waals surface area contributed by atoms with Gasteiger partial charge in [-0.3, -0.25) is 14.7 Å². The molecule has 1 aliphatic carbocycles. The number of ether oxygens (including phenoxy) is 1. The number of fused-ring (bicyclic) bond motifs is 1. The third kappa shape index (κ3) is 3.01. The number of nitrogens with one attached hydrogen (secondary N) is 1. The molecule has 4 rings (SSSR count). The van der Waals surface area contributed by atoms with Crippen LogP contribution in [0.25, 0.3) is 0 Å². The molecule has 5 heteroatoms. The van der Waals surface area contributed by atoms with Crippen LogP contribution in [0.3, 0.4) is 0 Å². The van der Waals surface area contributed by atoms with Gasteiger partial charge in [-0.05, 0) is 42.9 Å². The van der Waals surface area contributed by atoms with Crippen molar-refractivity contribution in [1.29, 1.82) is 0 Å². The minimum absolute atomic E-state index is 0.0881. The highest BCUT2D eigenvalue weighted by Crippen LogP contribution is 2.34. The van der Waals surface area contributed by atoms with Crippen molar-refractivity contribution in [2.75, 3.05) is 13.1 Å². The lowest BCUT2D eigenvalue weighted by molar-refractivity contribution is -0.132. The number of hydrogen-bond acceptors (Lipinski definition) is 4. The second-order valence-electron chi connectivity index (χ2n) is 6.77. The SMILES string of the molecule is O=C(NCC1CC1)[C@@H]1C[C@@H]2[C@@H](CCN2Cc2ccncc2)O1. The standard InChI is InChI=1S/C17H23N3O2/c21-17(19-10-12-1-2-12)16-9-14-15(22-16)5-8-20(14)11-13-3-6-18-7-4-13/h3-4,6-7,12,14-16H,1-2,5,8-11H2,(H,19,21)/t14-,15-,16+/m1/s1. The summed E-state index contributed by atoms with van der Waals surface area (Å²) in [6.45, 7) is 2.80. The molecule has 1 amide bonds. The molecule has 0 aromatic carbocycles. The van der Waals surface area contributed by atoms with Crippen LogP contribution in [0.1, 0.15) is 31.2 Å². The summed E-state index contributed by atoms with van der Waals surface area (Å²) in [6, 6.07) is 4.50. The van der Waals surface area contributed by atoms with Crippen molar-refractivity contribution >= 4 is 5.91 Å². The van der Waals surface area contributed by atoms with Crippen molar-refractivity contribution in [3.63, 3.8) is 0 Å². The minimum atomic E-state index is -0.256. The summed E-state index contributed by atoms with van der Waals surface area (Å²) in [5, 5.41) is 3.05. The zero-order valence-electron chi connectivity index (χ0n) is 12.8. The van der Waals surface area contributed by atoms with Crippen molar-refractivity contribution in [2.24, 2.45) is 5.92 Å². The molecule has 1 aromatic rings. The van der Waals surface area contributed by atoms with E-state index in [0.717, 1.165) is 32.5 Å². The molecular weight excluding hydrogens is 278 g/mol. The van der Waals surface area contributed by atoms with E-state index in [2.05, 4.69) is 27.3 Å². The van der Waals surface area contributed by atoms with Crippen LogP contribution in [0.2, 0.25) is 0 Å². The van der Waals surface area contributed by atoms with Crippen molar-refractivity contribution in [1.82, 2.24) is 15.2 Å². The molecule has 0 spiro atoms. The molecule has 1 N–H and O–H groups in total. The zero-order valence-corrected chi connectivity index (χ0v) is 12.8. The lowest BCUT2D eigenvalue weighted by Gasteiger charge is -2.22. The Hall–Kier alpha value is -1.46. The number of carbonyl (C=O) groups excluding carboxylic acids is 1. The van der Waals surface area contributed by atoms with Crippen LogP contribution < -0.4 is 5.32 Å². The summed E-state index contributed by atoms with van der Waals surface area (Å²) in [5.41, 5.74) is 1.28. The van der Waals surface area contributed by atoms with E-state index in [1.54, 1.807) is 0 Å². The first-order valence-corrected chi connectivity index (χ1v) is 8.36. The smallest absolute Gasteiger partial charge is 0.249 e. The number of carbonyl (C=O) groups is 1. The number of hydrogen-bond donors (Lipinski definition) is 1. The summed E-state index contributed by atoms with van der Waals surface area (Å²) in [4.78, 5) is 18.7. The molecule has 3 fully saturated rings. The Bertz CT molecular complexity index is 532. The summed E-state index contributed by atoms with van der Waals surface area (Å²) in [6.07, 6.45) is 8.01. The van der Waals surface area contributed by atoms with Crippen molar-refractivity contribution in [2.45, 2.75) is 50.5 Å². The van der Waals surface area contributed by atoms with Gasteiger partial charge < -0.3 is 10.1 Å². The van der Waals surface area contributed by atoms with Gasteiger partial charge in [-0.15, -0.1) is 0 Å². The third-order valence-corrected chi connectivity index (χ3v) is 5.08. The predicted molar refractivity (Wildman–Crippen MR) is 82.1 cm³/mol. The van der Waals surface area contributed by atoms with Gasteiger partial charge in [-0.25, -0.2) is 0 Å². The van der Waals surface area contributed by atoms with E-state index in [-0.39, 0.29) is 18.1 Å². The van der Waals surface area contributed by atoms with E-state index in [0.29, 0.717) is 12.0 Å². The first-order chi connectivity index (χ1) is 10.8. The molecule has 1 saturated carbocycles. The van der Waals surface area contributed by atoms with Gasteiger partial charge in [-0.1, -0.05) is 0 Å². The predicted octanol–water partition coefficient (Wildman–Crippen LogP) is 1.34. The van der Waals surface area contributed by atoms with Crippen molar-refractivity contribution < 1.29 is 9.53 Å². The van der Waals surface area contributed by atoms with Crippen LogP contribution in [-0.2, 0) is 16.1 Å². The molecule has 0 radical (unpaired) electrons. The fraction of sp³-hybridized carbons (Fsp3) is 0.647. The van der Waals surface area contributed by atoms with Gasteiger partial charge in [0.15, 0.2) is 0 Å². The molecule has 1 aromatic heterocycles. The summed E-state index contributed by atoms with van der Waals surface area (Å²) in [5.74, 6) is 0.804. The van der Waals surface area contributed by atoms with Crippen LogP contribution in [0.5, 0.6) is 0 Å². The van der Waals surface area contributed by atoms with E-state index in [1.807, 2.05) is 12.4 Å². The number of pyridine rings is 1. The van der Waals surface area contributed by atoms with E-state index in [1.165, 1.54) is 18.4 Å². The largest absolute Gasteiger partial charge is 0.363 e. The molecule has 3 aliphatic rings. The first-order valence-electron chi connectivity index (χ1n) is 8.36. The lowest BCUT2D eigenvalue weighted by Crippen LogP contribution is -2.37. The highest BCUT2D eigenvalue weighted by Gasteiger charge is 2.45. The summed E-state index contributed by atoms with van der Waals surface area (Å²) >= 11 is 0. The van der Waals surface area contributed by atoms with Gasteiger partial charge in [0, 0.05) is 44.5 Å². The van der Waals surface area contributed by atoms with E-state index < -0.39 is 0 Å². The van der Waals surface area contributed by atoms with E-state index in [4.69, 9.17) is 4.74 Å². The Labute approximate surface area is 131 Å². The second-order valence-corrected chi connectivity index (χ2v) is 6.77. The van der Waals surface area contributed by atoms with Crippen molar-refractivity contribution in [3.05, 3.63) is 30.1 Å². The quantitative estimate of drug-likeness (QED) is 0.892. The monoisotopic (exact) mass is 301 g/mol. The molecule has 3 heterocycles. The number of nitrogens with zero attached hydrogens (tertiary/aromatic N) is 2. The van der Waals surface area contributed by atoms with Crippen LogP contribution >= 0.6 is 0 Å². The Morgan fingerprint density at radius 1 is 1.32 bits per heavy atom. The first kappa shape index (κ1) is 14.2. The van der Waals surface area contributed by atoms with E-state index in [9.17, 15) is 4.79 Å². The zero-order chi connectivity index (χ0) is 14.9. The lowest BCUT2D eigenvalue weighted by atomic mass is 10.1. The van der Waals surface area contributed by atoms with E-state index >= 15 is 0 Å². The number of aromatic nitrogens is 1. The fourth-order valence-electron chi connectivity index (χ4n) is 3.60. The summed E-state index contributed by atoms with van der Waals surface area (Å²) < 4.78 is 6.00. The average Bonchev–Trinajstić information content (AvgIpc) is 3.16. The number of amides is 1. The maximum atomic E-state index is 12.2. The van der Waals surface area contributed by atoms with Gasteiger partial charge >= 0.3 is 0 Å². The molecule has 2 saturated heterocycles. The molecular formula is C17H23N3O2. The van der Waals surface area contributed by atoms with Gasteiger partial charge in [0.05, 0.1) is 6.10 Å². The Morgan fingerprint density at radius 3 is 2.91 bits per heavy atom. The van der Waals surface area contributed by atoms with Gasteiger partial charge in [-0.2, -0.15) is 0 Å². The Balaban J connectivity index is 1.33. The highest BCUT2D eigenvalue weighted by molar-refractivity contribution is 5.81. The normalized spacial score (nSPS) is 31.2. The third-order valence-electron chi connectivity index (χ3n) is 5.08. The minimum Gasteiger partial charge on any atom is -0.363 e.